The summed E-state index contributed by atoms with van der Waals surface area (Å²) in [5, 5.41) is 7.62. The lowest BCUT2D eigenvalue weighted by Gasteiger charge is -2.08. The zero-order chi connectivity index (χ0) is 14.8. The summed E-state index contributed by atoms with van der Waals surface area (Å²) in [6.07, 6.45) is 2.39. The van der Waals surface area contributed by atoms with Crippen LogP contribution in [0.5, 0.6) is 0 Å². The maximum Gasteiger partial charge on any atom is 0.275 e. The van der Waals surface area contributed by atoms with Crippen LogP contribution < -0.4 is 10.5 Å². The van der Waals surface area contributed by atoms with Gasteiger partial charge in [-0.05, 0) is 12.1 Å². The van der Waals surface area contributed by atoms with Crippen LogP contribution in [-0.4, -0.2) is 24.3 Å². The molecule has 20 heavy (non-hydrogen) atoms. The van der Waals surface area contributed by atoms with Crippen molar-refractivity contribution in [1.29, 1.82) is 0 Å². The van der Waals surface area contributed by atoms with E-state index >= 15 is 0 Å². The number of amides is 1. The summed E-state index contributed by atoms with van der Waals surface area (Å²) < 4.78 is 22.8. The van der Waals surface area contributed by atoms with E-state index in [1.165, 1.54) is 30.6 Å². The molecular weight excluding hydrogens is 304 g/mol. The van der Waals surface area contributed by atoms with Crippen molar-refractivity contribution in [2.45, 2.75) is 4.90 Å². The topological polar surface area (TPSA) is 115 Å². The minimum absolute atomic E-state index is 0.00128. The summed E-state index contributed by atoms with van der Waals surface area (Å²) in [7, 11) is -3.94. The van der Waals surface area contributed by atoms with E-state index in [0.29, 0.717) is 0 Å². The van der Waals surface area contributed by atoms with Gasteiger partial charge >= 0.3 is 0 Å². The molecule has 1 heterocycles. The number of nitrogens with two attached hydrogens (primary N) is 1. The van der Waals surface area contributed by atoms with Gasteiger partial charge in [-0.2, -0.15) is 0 Å². The minimum Gasteiger partial charge on any atom is -0.319 e. The van der Waals surface area contributed by atoms with Gasteiger partial charge in [0.05, 0.1) is 18.1 Å². The fourth-order valence-electron chi connectivity index (χ4n) is 1.43. The Bertz CT molecular complexity index is 747. The largest absolute Gasteiger partial charge is 0.319 e. The molecule has 0 aliphatic heterocycles. The number of carbonyl (C=O) groups is 1. The second-order valence-corrected chi connectivity index (χ2v) is 5.64. The van der Waals surface area contributed by atoms with Crippen LogP contribution in [0.1, 0.15) is 10.5 Å². The van der Waals surface area contributed by atoms with E-state index in [1.807, 2.05) is 0 Å². The van der Waals surface area contributed by atoms with Crippen molar-refractivity contribution in [3.63, 3.8) is 0 Å². The highest BCUT2D eigenvalue weighted by molar-refractivity contribution is 7.89. The standard InChI is InChI=1S/C11H9ClN4O3S/c12-10-6-14-8(5-15-10)11(17)16-7-3-1-2-4-9(7)20(13,18)19/h1-6H,(H,16,17)(H2,13,18,19). The van der Waals surface area contributed by atoms with Gasteiger partial charge in [0.15, 0.2) is 0 Å². The van der Waals surface area contributed by atoms with E-state index in [0.717, 1.165) is 0 Å². The van der Waals surface area contributed by atoms with E-state index in [-0.39, 0.29) is 21.4 Å². The molecule has 1 aromatic carbocycles. The van der Waals surface area contributed by atoms with Gasteiger partial charge in [-0.3, -0.25) is 4.79 Å². The SMILES string of the molecule is NS(=O)(=O)c1ccccc1NC(=O)c1cnc(Cl)cn1. The highest BCUT2D eigenvalue weighted by Gasteiger charge is 2.16. The van der Waals surface area contributed by atoms with E-state index in [4.69, 9.17) is 16.7 Å². The molecule has 0 saturated heterocycles. The van der Waals surface area contributed by atoms with E-state index < -0.39 is 15.9 Å². The molecule has 0 spiro atoms. The summed E-state index contributed by atoms with van der Waals surface area (Å²) in [6, 6.07) is 5.77. The average molecular weight is 313 g/mol. The number of nitrogens with one attached hydrogen (secondary N) is 1. The van der Waals surface area contributed by atoms with Crippen LogP contribution in [0.25, 0.3) is 0 Å². The molecule has 7 nitrogen and oxygen atoms in total. The molecule has 0 bridgehead atoms. The number of carbonyl (C=O) groups excluding carboxylic acids is 1. The fourth-order valence-corrected chi connectivity index (χ4v) is 2.23. The predicted octanol–water partition coefficient (Wildman–Crippen LogP) is 1.03. The molecule has 0 aliphatic carbocycles. The van der Waals surface area contributed by atoms with Crippen molar-refractivity contribution in [1.82, 2.24) is 9.97 Å². The van der Waals surface area contributed by atoms with Gasteiger partial charge in [-0.15, -0.1) is 0 Å². The number of hydrogen-bond donors (Lipinski definition) is 2. The molecule has 0 unspecified atom stereocenters. The first kappa shape index (κ1) is 14.4. The number of benzene rings is 1. The van der Waals surface area contributed by atoms with Gasteiger partial charge in [-0.1, -0.05) is 23.7 Å². The van der Waals surface area contributed by atoms with Crippen molar-refractivity contribution in [3.05, 3.63) is 47.5 Å². The van der Waals surface area contributed by atoms with Gasteiger partial charge in [0.1, 0.15) is 15.7 Å². The lowest BCUT2D eigenvalue weighted by molar-refractivity contribution is 0.102. The minimum atomic E-state index is -3.94. The van der Waals surface area contributed by atoms with E-state index in [9.17, 15) is 13.2 Å². The molecular formula is C11H9ClN4O3S. The Morgan fingerprint density at radius 1 is 1.20 bits per heavy atom. The van der Waals surface area contributed by atoms with Gasteiger partial charge in [0.25, 0.3) is 5.91 Å². The summed E-state index contributed by atoms with van der Waals surface area (Å²) in [6.45, 7) is 0. The maximum absolute atomic E-state index is 11.9. The first-order valence-corrected chi connectivity index (χ1v) is 7.21. The van der Waals surface area contributed by atoms with Crippen LogP contribution in [0.15, 0.2) is 41.6 Å². The third-order valence-electron chi connectivity index (χ3n) is 2.29. The van der Waals surface area contributed by atoms with Crippen LogP contribution in [0, 0.1) is 0 Å². The first-order chi connectivity index (χ1) is 9.38. The number of aromatic nitrogens is 2. The molecule has 0 radical (unpaired) electrons. The zero-order valence-corrected chi connectivity index (χ0v) is 11.5. The Balaban J connectivity index is 2.31. The second-order valence-electron chi connectivity index (χ2n) is 3.72. The van der Waals surface area contributed by atoms with E-state index in [2.05, 4.69) is 15.3 Å². The van der Waals surface area contributed by atoms with Crippen LogP contribution in [0.3, 0.4) is 0 Å². The van der Waals surface area contributed by atoms with Crippen molar-refractivity contribution >= 4 is 33.2 Å². The van der Waals surface area contributed by atoms with Crippen LogP contribution in [0.4, 0.5) is 5.69 Å². The van der Waals surface area contributed by atoms with Crippen LogP contribution >= 0.6 is 11.6 Å². The molecule has 0 atom stereocenters. The van der Waals surface area contributed by atoms with Crippen molar-refractivity contribution in [3.8, 4) is 0 Å². The number of primary sulfonamides is 1. The van der Waals surface area contributed by atoms with Crippen LogP contribution in [-0.2, 0) is 10.0 Å². The van der Waals surface area contributed by atoms with E-state index in [1.54, 1.807) is 6.07 Å². The quantitative estimate of drug-likeness (QED) is 0.878. The number of hydrogen-bond acceptors (Lipinski definition) is 5. The van der Waals surface area contributed by atoms with Crippen molar-refractivity contribution in [2.75, 3.05) is 5.32 Å². The van der Waals surface area contributed by atoms with Gasteiger partial charge < -0.3 is 5.32 Å². The number of rotatable bonds is 3. The van der Waals surface area contributed by atoms with Crippen molar-refractivity contribution < 1.29 is 13.2 Å². The Labute approximate surface area is 119 Å². The Morgan fingerprint density at radius 3 is 2.50 bits per heavy atom. The highest BCUT2D eigenvalue weighted by Crippen LogP contribution is 2.19. The number of halogens is 1. The maximum atomic E-state index is 11.9. The Morgan fingerprint density at radius 2 is 1.90 bits per heavy atom. The number of sulfonamides is 1. The van der Waals surface area contributed by atoms with Crippen LogP contribution in [0.2, 0.25) is 5.15 Å². The number of nitrogens with zero attached hydrogens (tertiary/aromatic N) is 2. The lowest BCUT2D eigenvalue weighted by atomic mass is 10.3. The third-order valence-corrected chi connectivity index (χ3v) is 3.46. The zero-order valence-electron chi connectivity index (χ0n) is 9.95. The fraction of sp³-hybridized carbons (Fsp3) is 0. The monoisotopic (exact) mass is 312 g/mol. The molecule has 0 fully saturated rings. The Hall–Kier alpha value is -2.03. The molecule has 0 saturated carbocycles. The van der Waals surface area contributed by atoms with Gasteiger partial charge in [0, 0.05) is 0 Å². The first-order valence-electron chi connectivity index (χ1n) is 5.28. The van der Waals surface area contributed by atoms with Crippen molar-refractivity contribution in [2.24, 2.45) is 5.14 Å². The summed E-state index contributed by atoms with van der Waals surface area (Å²) in [5.41, 5.74) is 0.0652. The van der Waals surface area contributed by atoms with Gasteiger partial charge in [-0.25, -0.2) is 23.5 Å². The molecule has 1 amide bonds. The normalized spacial score (nSPS) is 11.1. The number of para-hydroxylation sites is 1. The molecule has 0 aliphatic rings. The lowest BCUT2D eigenvalue weighted by Crippen LogP contribution is -2.19. The summed E-state index contributed by atoms with van der Waals surface area (Å²) >= 11 is 5.56. The molecule has 9 heteroatoms. The Kier molecular flexibility index (Phi) is 3.98. The second kappa shape index (κ2) is 5.53. The molecule has 104 valence electrons. The number of anilines is 1. The predicted molar refractivity (Wildman–Crippen MR) is 72.8 cm³/mol. The molecule has 3 N–H and O–H groups in total. The average Bonchev–Trinajstić information content (AvgIpc) is 2.38. The summed E-state index contributed by atoms with van der Waals surface area (Å²) in [5.74, 6) is -0.620. The molecule has 2 aromatic rings. The molecule has 2 rings (SSSR count). The smallest absolute Gasteiger partial charge is 0.275 e. The highest BCUT2D eigenvalue weighted by atomic mass is 35.5. The molecule has 1 aromatic heterocycles. The third kappa shape index (κ3) is 3.29. The summed E-state index contributed by atoms with van der Waals surface area (Å²) in [4.78, 5) is 19.2. The van der Waals surface area contributed by atoms with Gasteiger partial charge in [0.2, 0.25) is 10.0 Å².